The number of ether oxygens (including phenoxy) is 1. The summed E-state index contributed by atoms with van der Waals surface area (Å²) >= 11 is 0. The van der Waals surface area contributed by atoms with E-state index < -0.39 is 11.9 Å². The molecule has 0 radical (unpaired) electrons. The van der Waals surface area contributed by atoms with Gasteiger partial charge in [0.2, 0.25) is 0 Å². The first kappa shape index (κ1) is 12.9. The summed E-state index contributed by atoms with van der Waals surface area (Å²) in [5.74, 6) is -1.28. The van der Waals surface area contributed by atoms with Crippen molar-refractivity contribution in [2.45, 2.75) is 6.92 Å². The average Bonchev–Trinajstić information content (AvgIpc) is 2.52. The fourth-order valence-corrected chi connectivity index (χ4v) is 1.44. The van der Waals surface area contributed by atoms with Gasteiger partial charge in [-0.05, 0) is 6.92 Å². The molecule has 0 bridgehead atoms. The first-order valence-electron chi connectivity index (χ1n) is 4.97. The zero-order valence-electron chi connectivity index (χ0n) is 9.73. The molecule has 0 aromatic carbocycles. The van der Waals surface area contributed by atoms with Crippen LogP contribution in [0.2, 0.25) is 0 Å². The van der Waals surface area contributed by atoms with Crippen LogP contribution in [0, 0.1) is 0 Å². The number of hydrogen-bond donors (Lipinski definition) is 0. The van der Waals surface area contributed by atoms with Gasteiger partial charge in [0.1, 0.15) is 0 Å². The van der Waals surface area contributed by atoms with Gasteiger partial charge >= 0.3 is 5.97 Å². The summed E-state index contributed by atoms with van der Waals surface area (Å²) in [4.78, 5) is 35.3. The second-order valence-electron chi connectivity index (χ2n) is 3.39. The molecular weight excluding hydrogens is 222 g/mol. The normalized spacial score (nSPS) is 16.0. The van der Waals surface area contributed by atoms with Crippen LogP contribution in [0.5, 0.6) is 0 Å². The molecule has 1 heterocycles. The lowest BCUT2D eigenvalue weighted by Gasteiger charge is -2.11. The Balaban J connectivity index is 2.74. The number of imide groups is 1. The average molecular weight is 235 g/mol. The molecule has 2 amide bonds. The van der Waals surface area contributed by atoms with E-state index in [0.717, 1.165) is 4.90 Å². The van der Waals surface area contributed by atoms with Gasteiger partial charge in [0.25, 0.3) is 11.8 Å². The van der Waals surface area contributed by atoms with Crippen molar-refractivity contribution in [1.82, 2.24) is 4.90 Å². The molecule has 5 heteroatoms. The molecule has 0 spiro atoms. The maximum Gasteiger partial charge on any atom is 0.330 e. The molecule has 0 aliphatic carbocycles. The number of methoxy groups -OCH3 is 1. The molecule has 5 nitrogen and oxygen atoms in total. The fraction of sp³-hybridized carbons (Fsp3) is 0.250. The number of amides is 2. The minimum absolute atomic E-state index is 0.0431. The predicted molar refractivity (Wildman–Crippen MR) is 60.8 cm³/mol. The Kier molecular flexibility index (Phi) is 3.98. The molecule has 0 unspecified atom stereocenters. The van der Waals surface area contributed by atoms with Crippen molar-refractivity contribution in [3.8, 4) is 0 Å². The topological polar surface area (TPSA) is 63.7 Å². The van der Waals surface area contributed by atoms with Crippen LogP contribution in [0.4, 0.5) is 0 Å². The van der Waals surface area contributed by atoms with Gasteiger partial charge in [0.05, 0.1) is 7.11 Å². The maximum absolute atomic E-state index is 11.7. The minimum atomic E-state index is -0.530. The van der Waals surface area contributed by atoms with Gasteiger partial charge in [-0.25, -0.2) is 4.79 Å². The predicted octanol–water partition coefficient (Wildman–Crippen LogP) is 0.587. The van der Waals surface area contributed by atoms with Crippen LogP contribution >= 0.6 is 0 Å². The highest BCUT2D eigenvalue weighted by Gasteiger charge is 2.33. The number of carbonyl (C=O) groups excluding carboxylic acids is 3. The Labute approximate surface area is 99.0 Å². The molecule has 0 saturated heterocycles. The molecule has 0 atom stereocenters. The summed E-state index contributed by atoms with van der Waals surface area (Å²) < 4.78 is 4.39. The molecule has 0 aromatic heterocycles. The van der Waals surface area contributed by atoms with Crippen LogP contribution < -0.4 is 0 Å². The zero-order valence-corrected chi connectivity index (χ0v) is 9.73. The van der Waals surface area contributed by atoms with Crippen LogP contribution in [0.1, 0.15) is 6.92 Å². The molecule has 0 N–H and O–H groups in total. The third-order valence-corrected chi connectivity index (χ3v) is 2.39. The van der Waals surface area contributed by atoms with Crippen LogP contribution in [-0.2, 0) is 19.1 Å². The summed E-state index contributed by atoms with van der Waals surface area (Å²) in [5.41, 5.74) is 0.679. The number of rotatable bonds is 4. The van der Waals surface area contributed by atoms with Crippen molar-refractivity contribution in [2.75, 3.05) is 13.7 Å². The molecule has 1 rings (SSSR count). The van der Waals surface area contributed by atoms with Gasteiger partial charge in [-0.1, -0.05) is 18.7 Å². The number of carbonyl (C=O) groups is 3. The minimum Gasteiger partial charge on any atom is -0.466 e. The summed E-state index contributed by atoms with van der Waals surface area (Å²) in [6, 6.07) is 0. The van der Waals surface area contributed by atoms with Gasteiger partial charge in [-0.3, -0.25) is 14.5 Å². The van der Waals surface area contributed by atoms with E-state index in [1.807, 2.05) is 0 Å². The first-order valence-corrected chi connectivity index (χ1v) is 4.97. The number of nitrogens with zero attached hydrogens (tertiary/aromatic N) is 1. The van der Waals surface area contributed by atoms with Crippen molar-refractivity contribution in [3.05, 3.63) is 36.0 Å². The lowest BCUT2D eigenvalue weighted by Crippen LogP contribution is -2.31. The van der Waals surface area contributed by atoms with Gasteiger partial charge in [0.15, 0.2) is 0 Å². The van der Waals surface area contributed by atoms with Crippen molar-refractivity contribution in [2.24, 2.45) is 0 Å². The monoisotopic (exact) mass is 235 g/mol. The van der Waals surface area contributed by atoms with E-state index in [0.29, 0.717) is 11.1 Å². The van der Waals surface area contributed by atoms with E-state index >= 15 is 0 Å². The van der Waals surface area contributed by atoms with E-state index in [1.54, 1.807) is 6.92 Å². The third-order valence-electron chi connectivity index (χ3n) is 2.39. The third kappa shape index (κ3) is 2.50. The highest BCUT2D eigenvalue weighted by atomic mass is 16.5. The molecular formula is C12H13NO4. The van der Waals surface area contributed by atoms with E-state index in [2.05, 4.69) is 11.3 Å². The van der Waals surface area contributed by atoms with E-state index in [9.17, 15) is 14.4 Å². The molecule has 0 saturated carbocycles. The molecule has 1 aliphatic heterocycles. The lowest BCUT2D eigenvalue weighted by molar-refractivity contribution is -0.137. The Morgan fingerprint density at radius 3 is 2.53 bits per heavy atom. The van der Waals surface area contributed by atoms with Crippen molar-refractivity contribution in [1.29, 1.82) is 0 Å². The Bertz CT molecular complexity index is 445. The maximum atomic E-state index is 11.7. The van der Waals surface area contributed by atoms with Gasteiger partial charge in [-0.2, -0.15) is 0 Å². The van der Waals surface area contributed by atoms with Gasteiger partial charge in [0, 0.05) is 23.8 Å². The highest BCUT2D eigenvalue weighted by molar-refractivity contribution is 6.20. The summed E-state index contributed by atoms with van der Waals surface area (Å²) in [6.45, 7) is 5.10. The molecule has 0 aromatic rings. The SMILES string of the molecule is C=CC1=C(C)C(=O)N(CC=CC(=O)OC)C1=O. The highest BCUT2D eigenvalue weighted by Crippen LogP contribution is 2.20. The van der Waals surface area contributed by atoms with Crippen LogP contribution in [-0.4, -0.2) is 36.3 Å². The number of hydrogen-bond acceptors (Lipinski definition) is 4. The van der Waals surface area contributed by atoms with E-state index in [4.69, 9.17) is 0 Å². The van der Waals surface area contributed by atoms with Crippen molar-refractivity contribution >= 4 is 17.8 Å². The largest absolute Gasteiger partial charge is 0.466 e. The van der Waals surface area contributed by atoms with E-state index in [1.165, 1.54) is 25.3 Å². The Morgan fingerprint density at radius 2 is 2.06 bits per heavy atom. The molecule has 17 heavy (non-hydrogen) atoms. The Morgan fingerprint density at radius 1 is 1.41 bits per heavy atom. The van der Waals surface area contributed by atoms with Crippen LogP contribution in [0.25, 0.3) is 0 Å². The zero-order chi connectivity index (χ0) is 13.0. The van der Waals surface area contributed by atoms with Crippen molar-refractivity contribution in [3.63, 3.8) is 0 Å². The van der Waals surface area contributed by atoms with Crippen LogP contribution in [0.3, 0.4) is 0 Å². The second kappa shape index (κ2) is 5.25. The van der Waals surface area contributed by atoms with Gasteiger partial charge in [-0.15, -0.1) is 0 Å². The summed E-state index contributed by atoms with van der Waals surface area (Å²) in [7, 11) is 1.25. The second-order valence-corrected chi connectivity index (χ2v) is 3.39. The molecule has 1 aliphatic rings. The van der Waals surface area contributed by atoms with E-state index in [-0.39, 0.29) is 12.5 Å². The summed E-state index contributed by atoms with van der Waals surface area (Å²) in [6.07, 6.45) is 3.93. The number of esters is 1. The first-order chi connectivity index (χ1) is 8.02. The molecule has 0 fully saturated rings. The summed E-state index contributed by atoms with van der Waals surface area (Å²) in [5, 5.41) is 0. The van der Waals surface area contributed by atoms with Crippen molar-refractivity contribution < 1.29 is 19.1 Å². The quantitative estimate of drug-likeness (QED) is 0.406. The molecule has 90 valence electrons. The lowest BCUT2D eigenvalue weighted by atomic mass is 10.2. The smallest absolute Gasteiger partial charge is 0.330 e. The Hall–Kier alpha value is -2.17. The van der Waals surface area contributed by atoms with Crippen LogP contribution in [0.15, 0.2) is 36.0 Å². The fourth-order valence-electron chi connectivity index (χ4n) is 1.44. The standard InChI is InChI=1S/C12H13NO4/c1-4-9-8(2)11(15)13(12(9)16)7-5-6-10(14)17-3/h4-6H,1,7H2,2-3H3. The van der Waals surface area contributed by atoms with Gasteiger partial charge < -0.3 is 4.74 Å².